The minimum absolute atomic E-state index is 0.130. The fourth-order valence-corrected chi connectivity index (χ4v) is 2.89. The van der Waals surface area contributed by atoms with E-state index in [4.69, 9.17) is 0 Å². The summed E-state index contributed by atoms with van der Waals surface area (Å²) in [6, 6.07) is 8.46. The van der Waals surface area contributed by atoms with Gasteiger partial charge in [0.2, 0.25) is 10.0 Å². The number of para-hydroxylation sites is 1. The molecule has 6 nitrogen and oxygen atoms in total. The maximum absolute atomic E-state index is 12.3. The van der Waals surface area contributed by atoms with Crippen molar-refractivity contribution in [3.63, 3.8) is 0 Å². The molecule has 7 heteroatoms. The highest BCUT2D eigenvalue weighted by atomic mass is 32.2. The minimum atomic E-state index is -3.58. The lowest BCUT2D eigenvalue weighted by Gasteiger charge is -2.11. The van der Waals surface area contributed by atoms with E-state index in [9.17, 15) is 8.42 Å². The third-order valence-electron chi connectivity index (χ3n) is 2.63. The molecule has 0 aliphatic heterocycles. The summed E-state index contributed by atoms with van der Waals surface area (Å²) in [7, 11) is -3.58. The standard InChI is InChI=1S/C13H16N4O2S/c1-2-15-12-5-3-4-6-13(12)20(18,19)17-9-11-7-8-14-10-16-11/h3-8,10,15,17H,2,9H2,1H3. The first kappa shape index (κ1) is 14.4. The largest absolute Gasteiger partial charge is 0.384 e. The molecule has 20 heavy (non-hydrogen) atoms. The molecular formula is C13H16N4O2S. The van der Waals surface area contributed by atoms with Crippen LogP contribution in [0.3, 0.4) is 0 Å². The topological polar surface area (TPSA) is 84.0 Å². The van der Waals surface area contributed by atoms with Gasteiger partial charge in [0, 0.05) is 12.7 Å². The van der Waals surface area contributed by atoms with Gasteiger partial charge in [-0.3, -0.25) is 0 Å². The number of nitrogens with one attached hydrogen (secondary N) is 2. The molecule has 0 fully saturated rings. The number of hydrogen-bond acceptors (Lipinski definition) is 5. The number of benzene rings is 1. The summed E-state index contributed by atoms with van der Waals surface area (Å²) < 4.78 is 27.1. The molecule has 1 aromatic heterocycles. The van der Waals surface area contributed by atoms with Gasteiger partial charge >= 0.3 is 0 Å². The number of sulfonamides is 1. The smallest absolute Gasteiger partial charge is 0.242 e. The van der Waals surface area contributed by atoms with Gasteiger partial charge in [0.15, 0.2) is 0 Å². The Morgan fingerprint density at radius 1 is 1.20 bits per heavy atom. The Balaban J connectivity index is 2.18. The first-order chi connectivity index (χ1) is 9.63. The summed E-state index contributed by atoms with van der Waals surface area (Å²) in [6.07, 6.45) is 2.96. The van der Waals surface area contributed by atoms with Gasteiger partial charge < -0.3 is 5.32 Å². The Bertz CT molecular complexity index is 659. The highest BCUT2D eigenvalue weighted by Crippen LogP contribution is 2.20. The van der Waals surface area contributed by atoms with Gasteiger partial charge in [-0.05, 0) is 25.1 Å². The molecule has 0 saturated heterocycles. The van der Waals surface area contributed by atoms with Crippen LogP contribution in [0.2, 0.25) is 0 Å². The Morgan fingerprint density at radius 3 is 2.70 bits per heavy atom. The first-order valence-corrected chi connectivity index (χ1v) is 7.69. The second-order valence-electron chi connectivity index (χ2n) is 4.05. The van der Waals surface area contributed by atoms with Gasteiger partial charge in [0.1, 0.15) is 11.2 Å². The fourth-order valence-electron chi connectivity index (χ4n) is 1.71. The van der Waals surface area contributed by atoms with Crippen molar-refractivity contribution in [2.24, 2.45) is 0 Å². The first-order valence-electron chi connectivity index (χ1n) is 6.21. The summed E-state index contributed by atoms with van der Waals surface area (Å²) in [4.78, 5) is 8.00. The molecule has 2 rings (SSSR count). The zero-order chi connectivity index (χ0) is 14.4. The number of hydrogen-bond donors (Lipinski definition) is 2. The van der Waals surface area contributed by atoms with Gasteiger partial charge in [-0.15, -0.1) is 0 Å². The normalized spacial score (nSPS) is 11.2. The van der Waals surface area contributed by atoms with Crippen molar-refractivity contribution < 1.29 is 8.42 Å². The predicted molar refractivity (Wildman–Crippen MR) is 76.7 cm³/mol. The molecule has 0 bridgehead atoms. The van der Waals surface area contributed by atoms with Crippen LogP contribution >= 0.6 is 0 Å². The molecule has 0 amide bonds. The predicted octanol–water partition coefficient (Wildman–Crippen LogP) is 1.39. The molecule has 2 N–H and O–H groups in total. The van der Waals surface area contributed by atoms with Gasteiger partial charge in [-0.25, -0.2) is 23.1 Å². The van der Waals surface area contributed by atoms with E-state index in [1.165, 1.54) is 6.33 Å². The summed E-state index contributed by atoms with van der Waals surface area (Å²) in [5.41, 5.74) is 1.20. The van der Waals surface area contributed by atoms with Crippen LogP contribution < -0.4 is 10.0 Å². The van der Waals surface area contributed by atoms with E-state index in [0.717, 1.165) is 0 Å². The molecule has 0 aliphatic rings. The van der Waals surface area contributed by atoms with Crippen LogP contribution in [0, 0.1) is 0 Å². The summed E-state index contributed by atoms with van der Waals surface area (Å²) >= 11 is 0. The van der Waals surface area contributed by atoms with Crippen molar-refractivity contribution in [2.75, 3.05) is 11.9 Å². The molecule has 1 aromatic carbocycles. The van der Waals surface area contributed by atoms with Gasteiger partial charge in [0.05, 0.1) is 17.9 Å². The Morgan fingerprint density at radius 2 is 2.00 bits per heavy atom. The van der Waals surface area contributed by atoms with Crippen LogP contribution in [0.5, 0.6) is 0 Å². The molecule has 0 radical (unpaired) electrons. The van der Waals surface area contributed by atoms with Crippen LogP contribution in [0.4, 0.5) is 5.69 Å². The lowest BCUT2D eigenvalue weighted by Crippen LogP contribution is -2.24. The third kappa shape index (κ3) is 3.52. The zero-order valence-electron chi connectivity index (χ0n) is 11.1. The van der Waals surface area contributed by atoms with Crippen molar-refractivity contribution in [1.82, 2.24) is 14.7 Å². The minimum Gasteiger partial charge on any atom is -0.384 e. The van der Waals surface area contributed by atoms with E-state index < -0.39 is 10.0 Å². The molecular weight excluding hydrogens is 276 g/mol. The highest BCUT2D eigenvalue weighted by molar-refractivity contribution is 7.89. The van der Waals surface area contributed by atoms with E-state index >= 15 is 0 Å². The average molecular weight is 292 g/mol. The Hall–Kier alpha value is -1.99. The summed E-state index contributed by atoms with van der Waals surface area (Å²) in [5.74, 6) is 0. The van der Waals surface area contributed by atoms with Gasteiger partial charge in [-0.1, -0.05) is 12.1 Å². The number of aromatic nitrogens is 2. The molecule has 2 aromatic rings. The van der Waals surface area contributed by atoms with E-state index in [0.29, 0.717) is 17.9 Å². The Labute approximate surface area is 118 Å². The van der Waals surface area contributed by atoms with Crippen molar-refractivity contribution in [1.29, 1.82) is 0 Å². The molecule has 0 spiro atoms. The van der Waals surface area contributed by atoms with Crippen LogP contribution in [0.25, 0.3) is 0 Å². The number of rotatable bonds is 6. The van der Waals surface area contributed by atoms with Crippen LogP contribution in [-0.4, -0.2) is 24.9 Å². The van der Waals surface area contributed by atoms with Crippen molar-refractivity contribution >= 4 is 15.7 Å². The maximum atomic E-state index is 12.3. The number of anilines is 1. The van der Waals surface area contributed by atoms with Crippen LogP contribution in [0.1, 0.15) is 12.6 Å². The quantitative estimate of drug-likeness (QED) is 0.840. The summed E-state index contributed by atoms with van der Waals surface area (Å²) in [5, 5.41) is 3.04. The number of nitrogens with zero attached hydrogens (tertiary/aromatic N) is 2. The van der Waals surface area contributed by atoms with E-state index in [2.05, 4.69) is 20.0 Å². The SMILES string of the molecule is CCNc1ccccc1S(=O)(=O)NCc1ccncn1. The van der Waals surface area contributed by atoms with E-state index in [1.807, 2.05) is 6.92 Å². The summed E-state index contributed by atoms with van der Waals surface area (Å²) in [6.45, 7) is 2.70. The molecule has 1 heterocycles. The van der Waals surface area contributed by atoms with E-state index in [1.54, 1.807) is 36.5 Å². The molecule has 0 atom stereocenters. The molecule has 0 saturated carbocycles. The second kappa shape index (κ2) is 6.44. The lowest BCUT2D eigenvalue weighted by atomic mass is 10.3. The maximum Gasteiger partial charge on any atom is 0.242 e. The van der Waals surface area contributed by atoms with E-state index in [-0.39, 0.29) is 11.4 Å². The fraction of sp³-hybridized carbons (Fsp3) is 0.231. The van der Waals surface area contributed by atoms with Crippen LogP contribution in [-0.2, 0) is 16.6 Å². The van der Waals surface area contributed by atoms with Crippen LogP contribution in [0.15, 0.2) is 47.8 Å². The van der Waals surface area contributed by atoms with Crippen molar-refractivity contribution in [3.8, 4) is 0 Å². The Kier molecular flexibility index (Phi) is 4.65. The molecule has 106 valence electrons. The van der Waals surface area contributed by atoms with Gasteiger partial charge in [-0.2, -0.15) is 0 Å². The molecule has 0 unspecified atom stereocenters. The zero-order valence-corrected chi connectivity index (χ0v) is 11.9. The third-order valence-corrected chi connectivity index (χ3v) is 4.09. The average Bonchev–Trinajstić information content (AvgIpc) is 2.47. The van der Waals surface area contributed by atoms with Crippen molar-refractivity contribution in [2.45, 2.75) is 18.4 Å². The monoisotopic (exact) mass is 292 g/mol. The molecule has 0 aliphatic carbocycles. The van der Waals surface area contributed by atoms with Gasteiger partial charge in [0.25, 0.3) is 0 Å². The highest BCUT2D eigenvalue weighted by Gasteiger charge is 2.17. The van der Waals surface area contributed by atoms with Crippen molar-refractivity contribution in [3.05, 3.63) is 48.5 Å². The lowest BCUT2D eigenvalue weighted by molar-refractivity contribution is 0.580. The second-order valence-corrected chi connectivity index (χ2v) is 5.79.